The third-order valence-electron chi connectivity index (χ3n) is 4.03. The molecule has 1 amide bonds. The molecule has 4 heteroatoms. The zero-order valence-corrected chi connectivity index (χ0v) is 13.7. The summed E-state index contributed by atoms with van der Waals surface area (Å²) in [6.45, 7) is 0.908. The van der Waals surface area contributed by atoms with Crippen molar-refractivity contribution in [2.45, 2.75) is 51.2 Å². The Morgan fingerprint density at radius 1 is 1.13 bits per heavy atom. The van der Waals surface area contributed by atoms with Gasteiger partial charge in [0.2, 0.25) is 5.91 Å². The van der Waals surface area contributed by atoms with Crippen molar-refractivity contribution in [3.05, 3.63) is 47.5 Å². The molecule has 23 heavy (non-hydrogen) atoms. The normalized spacial score (nSPS) is 19.6. The maximum absolute atomic E-state index is 11.6. The first-order valence-electron chi connectivity index (χ1n) is 8.50. The lowest BCUT2D eigenvalue weighted by Gasteiger charge is -2.18. The molecule has 1 atom stereocenters. The zero-order chi connectivity index (χ0) is 16.3. The fourth-order valence-electron chi connectivity index (χ4n) is 2.70. The van der Waals surface area contributed by atoms with E-state index in [2.05, 4.69) is 17.5 Å². The Hall–Kier alpha value is -1.65. The summed E-state index contributed by atoms with van der Waals surface area (Å²) in [6, 6.07) is 7.99. The second-order valence-corrected chi connectivity index (χ2v) is 5.98. The van der Waals surface area contributed by atoms with E-state index in [1.54, 1.807) is 0 Å². The minimum Gasteiger partial charge on any atom is -0.395 e. The summed E-state index contributed by atoms with van der Waals surface area (Å²) >= 11 is 0. The van der Waals surface area contributed by atoms with Crippen molar-refractivity contribution in [2.24, 2.45) is 0 Å². The zero-order valence-electron chi connectivity index (χ0n) is 13.7. The van der Waals surface area contributed by atoms with E-state index in [1.165, 1.54) is 6.42 Å². The van der Waals surface area contributed by atoms with Gasteiger partial charge in [0.25, 0.3) is 0 Å². The van der Waals surface area contributed by atoms with Gasteiger partial charge in [-0.15, -0.1) is 0 Å². The molecule has 0 aromatic heterocycles. The Balaban J connectivity index is 1.75. The van der Waals surface area contributed by atoms with Crippen LogP contribution < -0.4 is 5.32 Å². The summed E-state index contributed by atoms with van der Waals surface area (Å²) in [4.78, 5) is 11.6. The number of amides is 1. The van der Waals surface area contributed by atoms with E-state index in [1.807, 2.05) is 24.3 Å². The summed E-state index contributed by atoms with van der Waals surface area (Å²) in [5.74, 6) is -0.0642. The third kappa shape index (κ3) is 6.97. The first-order valence-corrected chi connectivity index (χ1v) is 8.50. The van der Waals surface area contributed by atoms with Crippen LogP contribution >= 0.6 is 0 Å². The van der Waals surface area contributed by atoms with Crippen LogP contribution in [0.4, 0.5) is 0 Å². The fraction of sp³-hybridized carbons (Fsp3) is 0.526. The van der Waals surface area contributed by atoms with Gasteiger partial charge >= 0.3 is 0 Å². The van der Waals surface area contributed by atoms with Gasteiger partial charge in [0.1, 0.15) is 0 Å². The highest BCUT2D eigenvalue weighted by Crippen LogP contribution is 2.17. The Morgan fingerprint density at radius 2 is 1.87 bits per heavy atom. The van der Waals surface area contributed by atoms with E-state index in [-0.39, 0.29) is 12.5 Å². The Kier molecular flexibility index (Phi) is 7.84. The number of nitrogens with one attached hydrogen (secondary N) is 1. The number of hydrogen-bond donors (Lipinski definition) is 2. The minimum atomic E-state index is -0.0642. The topological polar surface area (TPSA) is 58.6 Å². The number of hydrogen-bond acceptors (Lipinski definition) is 3. The number of allylic oxidation sites excluding steroid dienone is 2. The number of aliphatic hydroxyl groups is 1. The molecule has 1 aromatic rings. The smallest absolute Gasteiger partial charge is 0.224 e. The first kappa shape index (κ1) is 17.7. The van der Waals surface area contributed by atoms with Gasteiger partial charge in [-0.1, -0.05) is 36.4 Å². The van der Waals surface area contributed by atoms with E-state index in [4.69, 9.17) is 9.84 Å². The second-order valence-electron chi connectivity index (χ2n) is 5.98. The van der Waals surface area contributed by atoms with Gasteiger partial charge in [-0.25, -0.2) is 0 Å². The van der Waals surface area contributed by atoms with Crippen LogP contribution in [-0.2, 0) is 22.6 Å². The molecule has 0 saturated carbocycles. The van der Waals surface area contributed by atoms with Gasteiger partial charge < -0.3 is 15.2 Å². The van der Waals surface area contributed by atoms with Gasteiger partial charge in [-0.3, -0.25) is 4.79 Å². The Labute approximate surface area is 138 Å². The highest BCUT2D eigenvalue weighted by molar-refractivity contribution is 5.78. The highest BCUT2D eigenvalue weighted by atomic mass is 16.5. The number of benzene rings is 1. The van der Waals surface area contributed by atoms with Crippen molar-refractivity contribution >= 4 is 5.91 Å². The number of ether oxygens (including phenoxy) is 1. The fourth-order valence-corrected chi connectivity index (χ4v) is 2.70. The van der Waals surface area contributed by atoms with Gasteiger partial charge in [-0.2, -0.15) is 0 Å². The number of carbonyl (C=O) groups excluding carboxylic acids is 1. The van der Waals surface area contributed by atoms with E-state index in [0.717, 1.165) is 36.8 Å². The predicted molar refractivity (Wildman–Crippen MR) is 91.0 cm³/mol. The van der Waals surface area contributed by atoms with E-state index in [9.17, 15) is 4.79 Å². The molecule has 1 aromatic carbocycles. The lowest BCUT2D eigenvalue weighted by molar-refractivity contribution is -0.120. The molecule has 1 unspecified atom stereocenters. The van der Waals surface area contributed by atoms with Crippen molar-refractivity contribution in [3.8, 4) is 0 Å². The number of aliphatic hydroxyl groups excluding tert-OH is 1. The van der Waals surface area contributed by atoms with E-state index < -0.39 is 0 Å². The maximum atomic E-state index is 11.6. The van der Waals surface area contributed by atoms with Gasteiger partial charge in [-0.05, 0) is 43.2 Å². The molecule has 126 valence electrons. The average molecular weight is 317 g/mol. The van der Waals surface area contributed by atoms with Crippen LogP contribution in [0.2, 0.25) is 0 Å². The van der Waals surface area contributed by atoms with E-state index >= 15 is 0 Å². The summed E-state index contributed by atoms with van der Waals surface area (Å²) in [5.41, 5.74) is 2.11. The molecule has 0 saturated heterocycles. The van der Waals surface area contributed by atoms with E-state index in [0.29, 0.717) is 25.7 Å². The molecule has 0 spiro atoms. The van der Waals surface area contributed by atoms with Crippen molar-refractivity contribution in [1.29, 1.82) is 0 Å². The van der Waals surface area contributed by atoms with Crippen LogP contribution in [-0.4, -0.2) is 30.3 Å². The summed E-state index contributed by atoms with van der Waals surface area (Å²) < 4.78 is 6.04. The quantitative estimate of drug-likeness (QED) is 0.760. The Bertz CT molecular complexity index is 496. The molecule has 1 aliphatic rings. The molecule has 4 nitrogen and oxygen atoms in total. The van der Waals surface area contributed by atoms with Crippen molar-refractivity contribution in [3.63, 3.8) is 0 Å². The lowest BCUT2D eigenvalue weighted by atomic mass is 10.0. The molecular weight excluding hydrogens is 290 g/mol. The summed E-state index contributed by atoms with van der Waals surface area (Å²) in [6.07, 6.45) is 10.9. The SMILES string of the molecule is O=C(Cc1ccc(COC2CC/C=C/CCC2)cc1)NCCO. The Morgan fingerprint density at radius 3 is 2.65 bits per heavy atom. The van der Waals surface area contributed by atoms with Gasteiger partial charge in [0.15, 0.2) is 0 Å². The van der Waals surface area contributed by atoms with Crippen LogP contribution in [0.5, 0.6) is 0 Å². The molecule has 1 aliphatic carbocycles. The third-order valence-corrected chi connectivity index (χ3v) is 4.03. The van der Waals surface area contributed by atoms with Crippen LogP contribution in [0.1, 0.15) is 43.2 Å². The molecule has 2 rings (SSSR count). The number of carbonyl (C=O) groups is 1. The minimum absolute atomic E-state index is 0.0288. The van der Waals surface area contributed by atoms with Gasteiger partial charge in [0, 0.05) is 6.54 Å². The standard InChI is InChI=1S/C19H27NO3/c21-13-12-20-19(22)14-16-8-10-17(11-9-16)15-23-18-6-4-2-1-3-5-7-18/h1-2,8-11,18,21H,3-7,12-15H2,(H,20,22)/b2-1+. The van der Waals surface area contributed by atoms with Crippen LogP contribution in [0, 0.1) is 0 Å². The van der Waals surface area contributed by atoms with Crippen LogP contribution in [0.15, 0.2) is 36.4 Å². The van der Waals surface area contributed by atoms with Crippen LogP contribution in [0.3, 0.4) is 0 Å². The molecule has 2 N–H and O–H groups in total. The highest BCUT2D eigenvalue weighted by Gasteiger charge is 2.10. The van der Waals surface area contributed by atoms with Crippen LogP contribution in [0.25, 0.3) is 0 Å². The van der Waals surface area contributed by atoms with Gasteiger partial charge in [0.05, 0.1) is 25.7 Å². The molecule has 0 heterocycles. The van der Waals surface area contributed by atoms with Crippen molar-refractivity contribution < 1.29 is 14.6 Å². The lowest BCUT2D eigenvalue weighted by Crippen LogP contribution is -2.27. The summed E-state index contributed by atoms with van der Waals surface area (Å²) in [7, 11) is 0. The second kappa shape index (κ2) is 10.2. The number of rotatable bonds is 7. The van der Waals surface area contributed by atoms with Crippen molar-refractivity contribution in [2.75, 3.05) is 13.2 Å². The van der Waals surface area contributed by atoms with Crippen molar-refractivity contribution in [1.82, 2.24) is 5.32 Å². The predicted octanol–water partition coefficient (Wildman–Crippen LogP) is 2.74. The summed E-state index contributed by atoms with van der Waals surface area (Å²) in [5, 5.41) is 11.3. The maximum Gasteiger partial charge on any atom is 0.224 e. The molecule has 0 fully saturated rings. The largest absolute Gasteiger partial charge is 0.395 e. The average Bonchev–Trinajstić information content (AvgIpc) is 2.53. The molecular formula is C19H27NO3. The first-order chi connectivity index (χ1) is 11.3. The monoisotopic (exact) mass is 317 g/mol. The molecule has 0 bridgehead atoms. The molecule has 0 aliphatic heterocycles. The molecule has 0 radical (unpaired) electrons.